The van der Waals surface area contributed by atoms with Gasteiger partial charge < -0.3 is 15.0 Å². The van der Waals surface area contributed by atoms with E-state index < -0.39 is 5.82 Å². The highest BCUT2D eigenvalue weighted by atomic mass is 19.1. The zero-order valence-electron chi connectivity index (χ0n) is 13.7. The van der Waals surface area contributed by atoms with Crippen molar-refractivity contribution < 1.29 is 18.7 Å². The Hall–Kier alpha value is -1.95. The van der Waals surface area contributed by atoms with Gasteiger partial charge in [0.2, 0.25) is 5.91 Å². The molecule has 0 spiro atoms. The Balaban J connectivity index is 1.46. The summed E-state index contributed by atoms with van der Waals surface area (Å²) in [6, 6.07) is 5.73. The summed E-state index contributed by atoms with van der Waals surface area (Å²) in [6.45, 7) is 2.39. The number of hydrogen-bond donors (Lipinski definition) is 1. The molecule has 2 heterocycles. The normalized spacial score (nSPS) is 21.7. The lowest BCUT2D eigenvalue weighted by Gasteiger charge is -2.31. The van der Waals surface area contributed by atoms with E-state index in [9.17, 15) is 14.0 Å². The third kappa shape index (κ3) is 4.12. The van der Waals surface area contributed by atoms with E-state index in [-0.39, 0.29) is 23.8 Å². The summed E-state index contributed by atoms with van der Waals surface area (Å²) in [6.07, 6.45) is 3.47. The number of likely N-dealkylation sites (tertiary alicyclic amines) is 1. The average molecular weight is 334 g/mol. The van der Waals surface area contributed by atoms with Crippen LogP contribution >= 0.6 is 0 Å². The fourth-order valence-corrected chi connectivity index (χ4v) is 3.31. The van der Waals surface area contributed by atoms with Crippen molar-refractivity contribution >= 4 is 11.8 Å². The van der Waals surface area contributed by atoms with Gasteiger partial charge in [0.15, 0.2) is 0 Å². The van der Waals surface area contributed by atoms with Crippen LogP contribution in [0.5, 0.6) is 0 Å². The topological polar surface area (TPSA) is 58.6 Å². The van der Waals surface area contributed by atoms with Gasteiger partial charge in [-0.2, -0.15) is 0 Å². The first-order valence-corrected chi connectivity index (χ1v) is 8.57. The van der Waals surface area contributed by atoms with Gasteiger partial charge in [-0.1, -0.05) is 6.07 Å². The van der Waals surface area contributed by atoms with Gasteiger partial charge in [0.05, 0.1) is 6.10 Å². The fraction of sp³-hybridized carbons (Fsp3) is 0.556. The van der Waals surface area contributed by atoms with E-state index in [2.05, 4.69) is 5.32 Å². The van der Waals surface area contributed by atoms with Crippen molar-refractivity contribution in [3.05, 3.63) is 35.6 Å². The number of ether oxygens (including phenoxy) is 1. The van der Waals surface area contributed by atoms with E-state index in [4.69, 9.17) is 4.74 Å². The highest BCUT2D eigenvalue weighted by Gasteiger charge is 2.28. The third-order valence-electron chi connectivity index (χ3n) is 4.75. The van der Waals surface area contributed by atoms with E-state index in [1.807, 2.05) is 0 Å². The minimum atomic E-state index is -0.413. The summed E-state index contributed by atoms with van der Waals surface area (Å²) < 4.78 is 18.7. The number of nitrogens with zero attached hydrogens (tertiary/aromatic N) is 1. The number of halogens is 1. The molecule has 130 valence electrons. The van der Waals surface area contributed by atoms with Gasteiger partial charge in [0.1, 0.15) is 5.82 Å². The summed E-state index contributed by atoms with van der Waals surface area (Å²) in [4.78, 5) is 26.3. The van der Waals surface area contributed by atoms with Crippen LogP contribution in [0.2, 0.25) is 0 Å². The monoisotopic (exact) mass is 334 g/mol. The SMILES string of the molecule is O=C(NC[C@H]1CCCO1)C1CCN(C(=O)c2cccc(F)c2)CC1. The average Bonchev–Trinajstić information content (AvgIpc) is 3.13. The Morgan fingerprint density at radius 3 is 2.71 bits per heavy atom. The fourth-order valence-electron chi connectivity index (χ4n) is 3.31. The Bertz CT molecular complexity index is 594. The van der Waals surface area contributed by atoms with E-state index in [0.29, 0.717) is 38.0 Å². The quantitative estimate of drug-likeness (QED) is 0.916. The van der Waals surface area contributed by atoms with Crippen molar-refractivity contribution in [3.8, 4) is 0 Å². The number of carbonyl (C=O) groups excluding carboxylic acids is 2. The van der Waals surface area contributed by atoms with Crippen LogP contribution in [0.15, 0.2) is 24.3 Å². The first-order valence-electron chi connectivity index (χ1n) is 8.57. The molecular formula is C18H23FN2O3. The van der Waals surface area contributed by atoms with Crippen LogP contribution in [0.3, 0.4) is 0 Å². The van der Waals surface area contributed by atoms with Crippen LogP contribution < -0.4 is 5.32 Å². The number of piperidine rings is 1. The maximum Gasteiger partial charge on any atom is 0.253 e. The maximum atomic E-state index is 13.2. The van der Waals surface area contributed by atoms with Crippen LogP contribution in [0.1, 0.15) is 36.0 Å². The Morgan fingerprint density at radius 1 is 1.25 bits per heavy atom. The molecule has 2 fully saturated rings. The highest BCUT2D eigenvalue weighted by molar-refractivity contribution is 5.94. The Kier molecular flexibility index (Phi) is 5.45. The second-order valence-electron chi connectivity index (χ2n) is 6.46. The van der Waals surface area contributed by atoms with Crippen LogP contribution in [0.4, 0.5) is 4.39 Å². The van der Waals surface area contributed by atoms with E-state index in [1.165, 1.54) is 18.2 Å². The van der Waals surface area contributed by atoms with Crippen LogP contribution in [0.25, 0.3) is 0 Å². The Labute approximate surface area is 141 Å². The lowest BCUT2D eigenvalue weighted by atomic mass is 9.95. The zero-order valence-corrected chi connectivity index (χ0v) is 13.7. The summed E-state index contributed by atoms with van der Waals surface area (Å²) in [7, 11) is 0. The van der Waals surface area contributed by atoms with Crippen LogP contribution in [-0.4, -0.2) is 49.1 Å². The molecular weight excluding hydrogens is 311 g/mol. The molecule has 0 bridgehead atoms. The molecule has 0 unspecified atom stereocenters. The first kappa shape index (κ1) is 16.9. The molecule has 3 rings (SSSR count). The molecule has 2 aliphatic rings. The maximum absolute atomic E-state index is 13.2. The summed E-state index contributed by atoms with van der Waals surface area (Å²) in [5.41, 5.74) is 0.358. The molecule has 2 amide bonds. The Morgan fingerprint density at radius 2 is 2.04 bits per heavy atom. The van der Waals surface area contributed by atoms with Gasteiger partial charge in [-0.05, 0) is 43.9 Å². The number of rotatable bonds is 4. The van der Waals surface area contributed by atoms with E-state index in [1.54, 1.807) is 11.0 Å². The van der Waals surface area contributed by atoms with Crippen molar-refractivity contribution in [1.82, 2.24) is 10.2 Å². The predicted octanol–water partition coefficient (Wildman–Crippen LogP) is 1.97. The molecule has 1 atom stereocenters. The van der Waals surface area contributed by atoms with Crippen molar-refractivity contribution in [3.63, 3.8) is 0 Å². The predicted molar refractivity (Wildman–Crippen MR) is 87.0 cm³/mol. The molecule has 5 nitrogen and oxygen atoms in total. The second kappa shape index (κ2) is 7.75. The van der Waals surface area contributed by atoms with Crippen molar-refractivity contribution in [2.75, 3.05) is 26.2 Å². The van der Waals surface area contributed by atoms with E-state index in [0.717, 1.165) is 19.4 Å². The summed E-state index contributed by atoms with van der Waals surface area (Å²) in [5.74, 6) is -0.608. The van der Waals surface area contributed by atoms with E-state index >= 15 is 0 Å². The van der Waals surface area contributed by atoms with Gasteiger partial charge in [-0.15, -0.1) is 0 Å². The number of nitrogens with one attached hydrogen (secondary N) is 1. The number of amides is 2. The highest BCUT2D eigenvalue weighted by Crippen LogP contribution is 2.20. The second-order valence-corrected chi connectivity index (χ2v) is 6.46. The van der Waals surface area contributed by atoms with Crippen molar-refractivity contribution in [2.45, 2.75) is 31.8 Å². The van der Waals surface area contributed by atoms with Gasteiger partial charge in [-0.3, -0.25) is 9.59 Å². The minimum Gasteiger partial charge on any atom is -0.376 e. The molecule has 0 aliphatic carbocycles. The molecule has 2 aliphatic heterocycles. The number of carbonyl (C=O) groups is 2. The van der Waals surface area contributed by atoms with Crippen molar-refractivity contribution in [1.29, 1.82) is 0 Å². The molecule has 2 saturated heterocycles. The van der Waals surface area contributed by atoms with Gasteiger partial charge >= 0.3 is 0 Å². The molecule has 6 heteroatoms. The smallest absolute Gasteiger partial charge is 0.253 e. The number of hydrogen-bond acceptors (Lipinski definition) is 3. The third-order valence-corrected chi connectivity index (χ3v) is 4.75. The molecule has 1 N–H and O–H groups in total. The summed E-state index contributed by atoms with van der Waals surface area (Å²) >= 11 is 0. The first-order chi connectivity index (χ1) is 11.6. The molecule has 1 aromatic rings. The molecule has 0 radical (unpaired) electrons. The lowest BCUT2D eigenvalue weighted by molar-refractivity contribution is -0.126. The van der Waals surface area contributed by atoms with Crippen LogP contribution in [-0.2, 0) is 9.53 Å². The summed E-state index contributed by atoms with van der Waals surface area (Å²) in [5, 5.41) is 2.96. The molecule has 0 saturated carbocycles. The van der Waals surface area contributed by atoms with Gasteiger partial charge in [-0.25, -0.2) is 4.39 Å². The van der Waals surface area contributed by atoms with Crippen LogP contribution in [0, 0.1) is 11.7 Å². The lowest BCUT2D eigenvalue weighted by Crippen LogP contribution is -2.44. The molecule has 0 aromatic heterocycles. The van der Waals surface area contributed by atoms with Gasteiger partial charge in [0.25, 0.3) is 5.91 Å². The molecule has 24 heavy (non-hydrogen) atoms. The van der Waals surface area contributed by atoms with Crippen molar-refractivity contribution in [2.24, 2.45) is 5.92 Å². The molecule has 1 aromatic carbocycles. The largest absolute Gasteiger partial charge is 0.376 e. The minimum absolute atomic E-state index is 0.0448. The standard InChI is InChI=1S/C18H23FN2O3/c19-15-4-1-3-14(11-15)18(23)21-8-6-13(7-9-21)17(22)20-12-16-5-2-10-24-16/h1,3-4,11,13,16H,2,5-10,12H2,(H,20,22)/t16-/m1/s1. The zero-order chi connectivity index (χ0) is 16.9. The van der Waals surface area contributed by atoms with Gasteiger partial charge in [0, 0.05) is 37.7 Å². The number of benzene rings is 1.